The second-order valence-electron chi connectivity index (χ2n) is 8.79. The van der Waals surface area contributed by atoms with E-state index in [0.717, 1.165) is 73.7 Å². The Morgan fingerprint density at radius 2 is 1.68 bits per heavy atom. The van der Waals surface area contributed by atoms with Gasteiger partial charge in [0.1, 0.15) is 16.5 Å². The number of carbonyl (C=O) groups is 1. The van der Waals surface area contributed by atoms with Gasteiger partial charge in [0, 0.05) is 43.0 Å². The summed E-state index contributed by atoms with van der Waals surface area (Å²) >= 11 is 1.69. The normalized spacial score (nSPS) is 18.4. The SMILES string of the molecule is Cc1nc(N2CCC(C(=O)N3CCCCCC3)CC2)c2c(-c3ccccc3)csc2n1. The highest BCUT2D eigenvalue weighted by Crippen LogP contribution is 2.39. The zero-order chi connectivity index (χ0) is 21.2. The van der Waals surface area contributed by atoms with Gasteiger partial charge in [0.05, 0.1) is 5.39 Å². The molecule has 0 radical (unpaired) electrons. The van der Waals surface area contributed by atoms with E-state index < -0.39 is 0 Å². The first kappa shape index (κ1) is 20.4. The number of thiophene rings is 1. The standard InChI is InChI=1S/C25H30N4OS/c1-18-26-23(22-21(17-31-24(22)27-18)19-9-5-4-6-10-19)28-15-11-20(12-16-28)25(30)29-13-7-2-3-8-14-29/h4-6,9-10,17,20H,2-3,7-8,11-16H2,1H3. The quantitative estimate of drug-likeness (QED) is 0.562. The Morgan fingerprint density at radius 3 is 2.39 bits per heavy atom. The number of nitrogens with zero attached hydrogens (tertiary/aromatic N) is 4. The molecule has 2 aliphatic heterocycles. The van der Waals surface area contributed by atoms with E-state index in [1.54, 1.807) is 11.3 Å². The molecule has 6 heteroatoms. The van der Waals surface area contributed by atoms with E-state index >= 15 is 0 Å². The lowest BCUT2D eigenvalue weighted by Gasteiger charge is -2.35. The zero-order valence-corrected chi connectivity index (χ0v) is 19.0. The smallest absolute Gasteiger partial charge is 0.225 e. The van der Waals surface area contributed by atoms with Crippen LogP contribution in [0.25, 0.3) is 21.3 Å². The van der Waals surface area contributed by atoms with Crippen LogP contribution in [0.2, 0.25) is 0 Å². The van der Waals surface area contributed by atoms with Crippen molar-refractivity contribution in [1.82, 2.24) is 14.9 Å². The number of likely N-dealkylation sites (tertiary alicyclic amines) is 1. The maximum atomic E-state index is 13.1. The number of hydrogen-bond acceptors (Lipinski definition) is 5. The molecule has 4 heterocycles. The third-order valence-corrected chi connectivity index (χ3v) is 7.54. The highest BCUT2D eigenvalue weighted by Gasteiger charge is 2.30. The van der Waals surface area contributed by atoms with Crippen molar-refractivity contribution in [3.05, 3.63) is 41.5 Å². The summed E-state index contributed by atoms with van der Waals surface area (Å²) in [4.78, 5) is 28.2. The molecule has 2 saturated heterocycles. The lowest BCUT2D eigenvalue weighted by atomic mass is 9.94. The van der Waals surface area contributed by atoms with E-state index in [2.05, 4.69) is 39.4 Å². The second-order valence-corrected chi connectivity index (χ2v) is 9.65. The fourth-order valence-electron chi connectivity index (χ4n) is 4.97. The number of aryl methyl sites for hydroxylation is 1. The Morgan fingerprint density at radius 1 is 0.968 bits per heavy atom. The molecule has 0 atom stereocenters. The molecular formula is C25H30N4OS. The maximum absolute atomic E-state index is 13.1. The van der Waals surface area contributed by atoms with Gasteiger partial charge in [-0.25, -0.2) is 9.97 Å². The number of fused-ring (bicyclic) bond motifs is 1. The molecule has 2 aromatic heterocycles. The Kier molecular flexibility index (Phi) is 5.90. The minimum absolute atomic E-state index is 0.156. The van der Waals surface area contributed by atoms with Crippen molar-refractivity contribution in [3.63, 3.8) is 0 Å². The van der Waals surface area contributed by atoms with Gasteiger partial charge < -0.3 is 9.80 Å². The zero-order valence-electron chi connectivity index (χ0n) is 18.2. The molecule has 2 aliphatic rings. The van der Waals surface area contributed by atoms with Crippen LogP contribution in [0.4, 0.5) is 5.82 Å². The predicted octanol–water partition coefficient (Wildman–Crippen LogP) is 5.29. The van der Waals surface area contributed by atoms with Crippen LogP contribution in [0.5, 0.6) is 0 Å². The van der Waals surface area contributed by atoms with Crippen LogP contribution < -0.4 is 4.90 Å². The fraction of sp³-hybridized carbons (Fsp3) is 0.480. The van der Waals surface area contributed by atoms with E-state index in [-0.39, 0.29) is 5.92 Å². The average molecular weight is 435 g/mol. The van der Waals surface area contributed by atoms with Crippen LogP contribution in [0.1, 0.15) is 44.3 Å². The molecule has 0 bridgehead atoms. The van der Waals surface area contributed by atoms with Gasteiger partial charge in [-0.3, -0.25) is 4.79 Å². The van der Waals surface area contributed by atoms with Gasteiger partial charge in [-0.1, -0.05) is 43.2 Å². The number of carbonyl (C=O) groups excluding carboxylic acids is 1. The topological polar surface area (TPSA) is 49.3 Å². The molecule has 0 unspecified atom stereocenters. The Balaban J connectivity index is 1.38. The third kappa shape index (κ3) is 4.18. The largest absolute Gasteiger partial charge is 0.356 e. The number of anilines is 1. The average Bonchev–Trinajstić information content (AvgIpc) is 3.04. The van der Waals surface area contributed by atoms with Crippen molar-refractivity contribution in [2.24, 2.45) is 5.92 Å². The van der Waals surface area contributed by atoms with Crippen molar-refractivity contribution >= 4 is 33.3 Å². The molecule has 31 heavy (non-hydrogen) atoms. The monoisotopic (exact) mass is 434 g/mol. The summed E-state index contributed by atoms with van der Waals surface area (Å²) in [6.45, 7) is 5.61. The van der Waals surface area contributed by atoms with Crippen LogP contribution in [0.15, 0.2) is 35.7 Å². The van der Waals surface area contributed by atoms with E-state index in [9.17, 15) is 4.79 Å². The fourth-order valence-corrected chi connectivity index (χ4v) is 5.96. The predicted molar refractivity (Wildman–Crippen MR) is 128 cm³/mol. The minimum atomic E-state index is 0.156. The van der Waals surface area contributed by atoms with Crippen molar-refractivity contribution in [2.45, 2.75) is 45.4 Å². The molecule has 0 N–H and O–H groups in total. The molecule has 162 valence electrons. The Labute approximate surface area is 188 Å². The molecule has 2 fully saturated rings. The molecule has 0 aliphatic carbocycles. The number of aromatic nitrogens is 2. The highest BCUT2D eigenvalue weighted by atomic mass is 32.1. The van der Waals surface area contributed by atoms with Gasteiger partial charge in [-0.2, -0.15) is 0 Å². The minimum Gasteiger partial charge on any atom is -0.356 e. The maximum Gasteiger partial charge on any atom is 0.225 e. The van der Waals surface area contributed by atoms with Gasteiger partial charge in [0.25, 0.3) is 0 Å². The van der Waals surface area contributed by atoms with Crippen molar-refractivity contribution in [1.29, 1.82) is 0 Å². The van der Waals surface area contributed by atoms with Gasteiger partial charge in [0.15, 0.2) is 0 Å². The number of rotatable bonds is 3. The molecule has 1 aromatic carbocycles. The molecule has 0 spiro atoms. The first-order valence-electron chi connectivity index (χ1n) is 11.6. The molecule has 0 saturated carbocycles. The third-order valence-electron chi connectivity index (χ3n) is 6.67. The second kappa shape index (κ2) is 8.95. The molecular weight excluding hydrogens is 404 g/mol. The summed E-state index contributed by atoms with van der Waals surface area (Å²) < 4.78 is 0. The summed E-state index contributed by atoms with van der Waals surface area (Å²) in [6, 6.07) is 10.5. The van der Waals surface area contributed by atoms with E-state index in [4.69, 9.17) is 9.97 Å². The number of hydrogen-bond donors (Lipinski definition) is 0. The first-order chi connectivity index (χ1) is 15.2. The lowest BCUT2D eigenvalue weighted by Crippen LogP contribution is -2.43. The molecule has 5 rings (SSSR count). The number of amides is 1. The number of benzene rings is 1. The van der Waals surface area contributed by atoms with Crippen LogP contribution in [-0.2, 0) is 4.79 Å². The van der Waals surface area contributed by atoms with Gasteiger partial charge >= 0.3 is 0 Å². The lowest BCUT2D eigenvalue weighted by molar-refractivity contribution is -0.136. The van der Waals surface area contributed by atoms with Crippen LogP contribution >= 0.6 is 11.3 Å². The molecule has 5 nitrogen and oxygen atoms in total. The van der Waals surface area contributed by atoms with Gasteiger partial charge in [-0.15, -0.1) is 11.3 Å². The highest BCUT2D eigenvalue weighted by molar-refractivity contribution is 7.17. The van der Waals surface area contributed by atoms with Crippen molar-refractivity contribution in [3.8, 4) is 11.1 Å². The van der Waals surface area contributed by atoms with E-state index in [1.807, 2.05) is 13.0 Å². The summed E-state index contributed by atoms with van der Waals surface area (Å²) in [5.74, 6) is 2.38. The van der Waals surface area contributed by atoms with Crippen molar-refractivity contribution < 1.29 is 4.79 Å². The summed E-state index contributed by atoms with van der Waals surface area (Å²) in [5, 5.41) is 3.35. The number of piperidine rings is 1. The van der Waals surface area contributed by atoms with Crippen molar-refractivity contribution in [2.75, 3.05) is 31.1 Å². The first-order valence-corrected chi connectivity index (χ1v) is 12.4. The van der Waals surface area contributed by atoms with E-state index in [1.165, 1.54) is 24.0 Å². The van der Waals surface area contributed by atoms with Crippen LogP contribution in [0.3, 0.4) is 0 Å². The summed E-state index contributed by atoms with van der Waals surface area (Å²) in [7, 11) is 0. The van der Waals surface area contributed by atoms with Gasteiger partial charge in [-0.05, 0) is 38.2 Å². The van der Waals surface area contributed by atoms with Crippen LogP contribution in [0, 0.1) is 12.8 Å². The Bertz CT molecular complexity index is 1050. The van der Waals surface area contributed by atoms with E-state index in [0.29, 0.717) is 5.91 Å². The van der Waals surface area contributed by atoms with Gasteiger partial charge in [0.2, 0.25) is 5.91 Å². The Hall–Kier alpha value is -2.47. The molecule has 1 amide bonds. The molecule has 3 aromatic rings. The summed E-state index contributed by atoms with van der Waals surface area (Å²) in [5.41, 5.74) is 2.41. The summed E-state index contributed by atoms with van der Waals surface area (Å²) in [6.07, 6.45) is 6.65. The van der Waals surface area contributed by atoms with Crippen LogP contribution in [-0.4, -0.2) is 47.0 Å².